The van der Waals surface area contributed by atoms with Crippen molar-refractivity contribution in [2.45, 2.75) is 39.2 Å². The maximum Gasteiger partial charge on any atom is 0.128 e. The predicted molar refractivity (Wildman–Crippen MR) is 72.1 cm³/mol. The molecule has 1 atom stereocenters. The van der Waals surface area contributed by atoms with Crippen LogP contribution >= 0.6 is 0 Å². The lowest BCUT2D eigenvalue weighted by atomic mass is 9.94. The second-order valence-electron chi connectivity index (χ2n) is 5.08. The van der Waals surface area contributed by atoms with E-state index in [0.29, 0.717) is 0 Å². The van der Waals surface area contributed by atoms with Gasteiger partial charge in [-0.15, -0.1) is 0 Å². The number of piperidine rings is 1. The van der Waals surface area contributed by atoms with Crippen molar-refractivity contribution >= 4 is 5.82 Å². The van der Waals surface area contributed by atoms with Gasteiger partial charge >= 0.3 is 0 Å². The van der Waals surface area contributed by atoms with Crippen LogP contribution in [0, 0.1) is 5.92 Å². The van der Waals surface area contributed by atoms with Crippen molar-refractivity contribution in [1.29, 1.82) is 0 Å². The van der Waals surface area contributed by atoms with Crippen LogP contribution in [0.4, 0.5) is 5.82 Å². The third kappa shape index (κ3) is 2.97. The number of anilines is 1. The maximum absolute atomic E-state index is 5.82. The maximum atomic E-state index is 5.82. The van der Waals surface area contributed by atoms with Gasteiger partial charge in [-0.25, -0.2) is 4.98 Å². The number of nitrogens with zero attached hydrogens (tertiary/aromatic N) is 2. The van der Waals surface area contributed by atoms with Gasteiger partial charge in [-0.3, -0.25) is 0 Å². The molecular weight excluding hydrogens is 210 g/mol. The van der Waals surface area contributed by atoms with Crippen LogP contribution in [0.25, 0.3) is 0 Å². The van der Waals surface area contributed by atoms with Gasteiger partial charge in [0.2, 0.25) is 0 Å². The molecule has 0 spiro atoms. The van der Waals surface area contributed by atoms with Crippen LogP contribution in [0.3, 0.4) is 0 Å². The summed E-state index contributed by atoms with van der Waals surface area (Å²) in [5, 5.41) is 0. The minimum atomic E-state index is 0.0716. The van der Waals surface area contributed by atoms with Gasteiger partial charge in [-0.1, -0.05) is 19.4 Å². The Hall–Kier alpha value is -1.09. The first kappa shape index (κ1) is 12.4. The van der Waals surface area contributed by atoms with Crippen molar-refractivity contribution in [2.75, 3.05) is 18.0 Å². The molecule has 3 heteroatoms. The van der Waals surface area contributed by atoms with Gasteiger partial charge in [0.15, 0.2) is 0 Å². The van der Waals surface area contributed by atoms with Crippen molar-refractivity contribution in [3.8, 4) is 0 Å². The van der Waals surface area contributed by atoms with E-state index in [0.717, 1.165) is 30.4 Å². The van der Waals surface area contributed by atoms with E-state index in [1.54, 1.807) is 0 Å². The third-order valence-corrected chi connectivity index (χ3v) is 3.81. The Bertz CT molecular complexity index is 337. The van der Waals surface area contributed by atoms with Crippen molar-refractivity contribution in [3.63, 3.8) is 0 Å². The van der Waals surface area contributed by atoms with Gasteiger partial charge in [0.1, 0.15) is 5.82 Å². The van der Waals surface area contributed by atoms with Crippen LogP contribution in [-0.2, 0) is 0 Å². The monoisotopic (exact) mass is 233 g/mol. The first-order valence-corrected chi connectivity index (χ1v) is 6.67. The topological polar surface area (TPSA) is 42.1 Å². The summed E-state index contributed by atoms with van der Waals surface area (Å²) in [4.78, 5) is 6.91. The summed E-state index contributed by atoms with van der Waals surface area (Å²) in [5.41, 5.74) is 6.93. The van der Waals surface area contributed by atoms with Crippen LogP contribution < -0.4 is 10.6 Å². The Kier molecular flexibility index (Phi) is 4.00. The fourth-order valence-corrected chi connectivity index (χ4v) is 2.42. The highest BCUT2D eigenvalue weighted by atomic mass is 15.2. The quantitative estimate of drug-likeness (QED) is 0.873. The molecular formula is C14H23N3. The molecule has 1 aliphatic heterocycles. The lowest BCUT2D eigenvalue weighted by Crippen LogP contribution is -2.34. The molecule has 2 N–H and O–H groups in total. The minimum Gasteiger partial charge on any atom is -0.357 e. The van der Waals surface area contributed by atoms with Gasteiger partial charge in [0.05, 0.1) is 0 Å². The normalized spacial score (nSPS) is 19.4. The average Bonchev–Trinajstić information content (AvgIpc) is 2.39. The molecule has 17 heavy (non-hydrogen) atoms. The summed E-state index contributed by atoms with van der Waals surface area (Å²) in [7, 11) is 0. The Morgan fingerprint density at radius 1 is 1.41 bits per heavy atom. The van der Waals surface area contributed by atoms with Gasteiger partial charge in [0.25, 0.3) is 0 Å². The van der Waals surface area contributed by atoms with Crippen LogP contribution in [-0.4, -0.2) is 18.1 Å². The summed E-state index contributed by atoms with van der Waals surface area (Å²) in [5.74, 6) is 2.01. The first-order chi connectivity index (χ1) is 8.20. The number of hydrogen-bond acceptors (Lipinski definition) is 3. The summed E-state index contributed by atoms with van der Waals surface area (Å²) < 4.78 is 0. The van der Waals surface area contributed by atoms with Crippen molar-refractivity contribution in [1.82, 2.24) is 4.98 Å². The highest BCUT2D eigenvalue weighted by Gasteiger charge is 2.18. The molecule has 0 aliphatic carbocycles. The SMILES string of the molecule is CCC1CCN(c2ccc([C@H](C)N)cn2)CC1. The molecule has 2 rings (SSSR count). The lowest BCUT2D eigenvalue weighted by molar-refractivity contribution is 0.393. The van der Waals surface area contributed by atoms with E-state index in [9.17, 15) is 0 Å². The zero-order valence-corrected chi connectivity index (χ0v) is 10.9. The molecule has 0 aromatic carbocycles. The molecule has 0 unspecified atom stereocenters. The van der Waals surface area contributed by atoms with E-state index in [2.05, 4.69) is 28.9 Å². The van der Waals surface area contributed by atoms with Gasteiger partial charge in [-0.05, 0) is 37.3 Å². The Balaban J connectivity index is 1.99. The van der Waals surface area contributed by atoms with Crippen LogP contribution in [0.5, 0.6) is 0 Å². The zero-order valence-electron chi connectivity index (χ0n) is 10.9. The molecule has 0 bridgehead atoms. The largest absolute Gasteiger partial charge is 0.357 e. The molecule has 1 saturated heterocycles. The third-order valence-electron chi connectivity index (χ3n) is 3.81. The second-order valence-corrected chi connectivity index (χ2v) is 5.08. The minimum absolute atomic E-state index is 0.0716. The number of rotatable bonds is 3. The molecule has 1 aromatic rings. The van der Waals surface area contributed by atoms with Crippen LogP contribution in [0.2, 0.25) is 0 Å². The molecule has 1 fully saturated rings. The van der Waals surface area contributed by atoms with Gasteiger partial charge in [-0.2, -0.15) is 0 Å². The molecule has 0 radical (unpaired) electrons. The highest BCUT2D eigenvalue weighted by Crippen LogP contribution is 2.24. The average molecular weight is 233 g/mol. The van der Waals surface area contributed by atoms with Gasteiger partial charge in [0, 0.05) is 25.3 Å². The molecule has 1 aliphatic rings. The van der Waals surface area contributed by atoms with E-state index in [1.165, 1.54) is 19.3 Å². The number of pyridine rings is 1. The summed E-state index contributed by atoms with van der Waals surface area (Å²) >= 11 is 0. The number of hydrogen-bond donors (Lipinski definition) is 1. The summed E-state index contributed by atoms with van der Waals surface area (Å²) in [6.45, 7) is 6.56. The Labute approximate surface area is 104 Å². The fourth-order valence-electron chi connectivity index (χ4n) is 2.42. The Morgan fingerprint density at radius 2 is 2.12 bits per heavy atom. The molecule has 3 nitrogen and oxygen atoms in total. The van der Waals surface area contributed by atoms with Crippen molar-refractivity contribution in [2.24, 2.45) is 11.7 Å². The zero-order chi connectivity index (χ0) is 12.3. The number of nitrogens with two attached hydrogens (primary N) is 1. The molecule has 94 valence electrons. The Morgan fingerprint density at radius 3 is 2.59 bits per heavy atom. The molecule has 0 saturated carbocycles. The van der Waals surface area contributed by atoms with E-state index in [4.69, 9.17) is 5.73 Å². The van der Waals surface area contributed by atoms with E-state index in [-0.39, 0.29) is 6.04 Å². The van der Waals surface area contributed by atoms with E-state index < -0.39 is 0 Å². The van der Waals surface area contributed by atoms with Crippen LogP contribution in [0.15, 0.2) is 18.3 Å². The van der Waals surface area contributed by atoms with E-state index in [1.807, 2.05) is 13.1 Å². The molecule has 1 aromatic heterocycles. The fraction of sp³-hybridized carbons (Fsp3) is 0.643. The highest BCUT2D eigenvalue weighted by molar-refractivity contribution is 5.40. The summed E-state index contributed by atoms with van der Waals surface area (Å²) in [6.07, 6.45) is 5.82. The summed E-state index contributed by atoms with van der Waals surface area (Å²) in [6, 6.07) is 4.27. The second kappa shape index (κ2) is 5.50. The first-order valence-electron chi connectivity index (χ1n) is 6.67. The van der Waals surface area contributed by atoms with Crippen LogP contribution in [0.1, 0.15) is 44.7 Å². The van der Waals surface area contributed by atoms with E-state index >= 15 is 0 Å². The number of aromatic nitrogens is 1. The smallest absolute Gasteiger partial charge is 0.128 e. The van der Waals surface area contributed by atoms with Gasteiger partial charge < -0.3 is 10.6 Å². The van der Waals surface area contributed by atoms with Crippen molar-refractivity contribution < 1.29 is 0 Å². The lowest BCUT2D eigenvalue weighted by Gasteiger charge is -2.32. The molecule has 0 amide bonds. The predicted octanol–water partition coefficient (Wildman–Crippen LogP) is 2.73. The molecule has 2 heterocycles. The standard InChI is InChI=1S/C14H23N3/c1-3-12-6-8-17(9-7-12)14-5-4-13(10-16-14)11(2)15/h4-5,10-12H,3,6-9,15H2,1-2H3/t11-/m0/s1. The van der Waals surface area contributed by atoms with Crippen molar-refractivity contribution in [3.05, 3.63) is 23.9 Å².